The van der Waals surface area contributed by atoms with Crippen LogP contribution >= 0.6 is 32.8 Å². The molecular formula is C95H101Cl3F6N14NiO3. The van der Waals surface area contributed by atoms with Gasteiger partial charge in [0.2, 0.25) is 0 Å². The third-order valence-corrected chi connectivity index (χ3v) is 20.8. The number of aromatic nitrogens is 6. The number of carbonyl (C=O) groups is 3. The van der Waals surface area contributed by atoms with E-state index in [1.54, 1.807) is 44.4 Å². The molecule has 17 nitrogen and oxygen atoms in total. The molecule has 3 saturated carbocycles. The summed E-state index contributed by atoms with van der Waals surface area (Å²) in [6.45, 7) is 20.6. The van der Waals surface area contributed by atoms with E-state index in [4.69, 9.17) is 44.2 Å². The molecule has 0 radical (unpaired) electrons. The van der Waals surface area contributed by atoms with Crippen molar-refractivity contribution in [3.8, 4) is 17.1 Å². The molecule has 0 aliphatic heterocycles. The zero-order valence-electron chi connectivity index (χ0n) is 68.3. The van der Waals surface area contributed by atoms with Gasteiger partial charge in [-0.15, -0.1) is 12.4 Å². The molecule has 9 aromatic carbocycles. The number of nitrogens with zero attached hydrogens (tertiary/aromatic N) is 7. The van der Waals surface area contributed by atoms with Crippen molar-refractivity contribution in [3.05, 3.63) is 360 Å². The van der Waals surface area contributed by atoms with Crippen LogP contribution in [0.2, 0.25) is 0 Å². The number of Topliss-reactive ketones (excluding diaryl/α,β-unsaturated/α-hetero) is 3. The van der Waals surface area contributed by atoms with Gasteiger partial charge in [0.05, 0.1) is 58.8 Å². The van der Waals surface area contributed by atoms with Crippen molar-refractivity contribution >= 4 is 55.8 Å². The first-order chi connectivity index (χ1) is 58.5. The number of benzene rings is 9. The molecule has 3 aliphatic carbocycles. The van der Waals surface area contributed by atoms with Crippen molar-refractivity contribution in [1.82, 2.24) is 50.6 Å². The second kappa shape index (κ2) is 46.3. The molecule has 3 heterocycles. The van der Waals surface area contributed by atoms with Crippen LogP contribution in [0.15, 0.2) is 218 Å². The summed E-state index contributed by atoms with van der Waals surface area (Å²) in [5.74, 6) is -1.44. The molecule has 27 heteroatoms. The number of hydrogen-bond acceptors (Lipinski definition) is 13. The summed E-state index contributed by atoms with van der Waals surface area (Å²) in [5.41, 5.74) is 30.1. The van der Waals surface area contributed by atoms with Gasteiger partial charge in [0.15, 0.2) is 23.0 Å². The van der Waals surface area contributed by atoms with Crippen molar-refractivity contribution in [2.75, 3.05) is 45.8 Å². The molecule has 0 amide bonds. The maximum absolute atomic E-state index is 14.8. The fraction of sp³-hybridized carbons (Fsp3) is 0.295. The molecule has 10 N–H and O–H groups in total. The molecule has 642 valence electrons. The van der Waals surface area contributed by atoms with Crippen LogP contribution in [0.3, 0.4) is 0 Å². The van der Waals surface area contributed by atoms with Gasteiger partial charge in [0.1, 0.15) is 52.0 Å². The predicted octanol–water partition coefficient (Wildman–Crippen LogP) is 18.8. The van der Waals surface area contributed by atoms with Crippen molar-refractivity contribution in [1.29, 1.82) is 0 Å². The van der Waals surface area contributed by atoms with E-state index in [0.29, 0.717) is 90.7 Å². The Morgan fingerprint density at radius 2 is 0.754 bits per heavy atom. The van der Waals surface area contributed by atoms with Crippen molar-refractivity contribution in [3.63, 3.8) is 0 Å². The Kier molecular flexibility index (Phi) is 35.7. The Bertz CT molecular complexity index is 5330. The average molecular weight is 1770 g/mol. The molecule has 0 saturated heterocycles. The average Bonchev–Trinajstić information content (AvgIpc) is 1.56. The van der Waals surface area contributed by atoms with Gasteiger partial charge in [-0.1, -0.05) is 116 Å². The molecular weight excluding hydrogens is 1660 g/mol. The van der Waals surface area contributed by atoms with Crippen LogP contribution in [0.1, 0.15) is 173 Å². The van der Waals surface area contributed by atoms with Crippen LogP contribution in [0, 0.1) is 80.0 Å². The first kappa shape index (κ1) is 94.0. The summed E-state index contributed by atoms with van der Waals surface area (Å²) in [6.07, 6.45) is 8.17. The third-order valence-electron chi connectivity index (χ3n) is 20.8. The number of nitrogens with two attached hydrogens (primary N) is 3. The quantitative estimate of drug-likeness (QED) is 0.00667. The molecule has 3 fully saturated rings. The predicted molar refractivity (Wildman–Crippen MR) is 469 cm³/mol. The van der Waals surface area contributed by atoms with E-state index in [9.17, 15) is 40.7 Å². The van der Waals surface area contributed by atoms with Gasteiger partial charge in [0.25, 0.3) is 0 Å². The molecule has 3 unspecified atom stereocenters. The maximum atomic E-state index is 14.8. The summed E-state index contributed by atoms with van der Waals surface area (Å²) in [5, 5.41) is 26.9. The van der Waals surface area contributed by atoms with Gasteiger partial charge < -0.3 is 38.5 Å². The standard InChI is InChI=1S/C31H31F2N3O.C30H26F2N4O.C30H30F2N4O.C4H13N3.3ClH.Ni/c1-3-21-6-5-9-26(16-21)36-29(14-20(2)35-36)30(37)17-23-7-4-8-24(15-23)31(34-19-22-10-11-22)27-18-25(32)12-13-28(27)33;1-19-13-28(36(35-19)25-8-4-7-24(17-25)33-2)29(37)15-21-5-3-6-22(14-21)30(34-18-20-9-10-20)26-16-23(31)11-12-27(26)32;1-19-12-28(36(35-19)25-7-3-5-22(14-25)17-33)29(37)15-21-4-2-6-23(13-21)30(34-18-20-8-9-20)26-16-24(31)10-11-27(26)32;5-1-3-7-4-2-6;;;;/h4-9,12-16,18,22,31,34H,3,10-11,17,19H2,1-2H3;3-8,11-14,16-17,20,30,34H,9-10,15,18H2,1H3;2-7,10-14,16,20,30,34H,8-9,15,17-18,33H2,1H3;7H,1-6H2;3*1H;/q;;;;;;;+2/p-2. The van der Waals surface area contributed by atoms with Gasteiger partial charge in [0, 0.05) is 68.7 Å². The number of aryl methyl sites for hydroxylation is 4. The number of hydrogen-bond donors (Lipinski definition) is 7. The van der Waals surface area contributed by atoms with Crippen LogP contribution in [0.4, 0.5) is 32.0 Å². The molecule has 122 heavy (non-hydrogen) atoms. The van der Waals surface area contributed by atoms with E-state index in [2.05, 4.69) is 54.4 Å². The van der Waals surface area contributed by atoms with Crippen LogP contribution in [0.25, 0.3) is 21.9 Å². The van der Waals surface area contributed by atoms with Gasteiger partial charge in [-0.2, -0.15) is 15.3 Å². The Morgan fingerprint density at radius 3 is 1.07 bits per heavy atom. The van der Waals surface area contributed by atoms with E-state index in [1.807, 2.05) is 148 Å². The number of nitrogens with one attached hydrogen (secondary N) is 4. The number of ketones is 3. The number of rotatable bonds is 33. The second-order valence-corrected chi connectivity index (χ2v) is 32.2. The zero-order valence-corrected chi connectivity index (χ0v) is 71.6. The molecule has 15 rings (SSSR count). The topological polar surface area (TPSA) is 235 Å². The van der Waals surface area contributed by atoms with Crippen LogP contribution in [-0.2, 0) is 44.9 Å². The first-order valence-electron chi connectivity index (χ1n) is 40.5. The van der Waals surface area contributed by atoms with Crippen molar-refractivity contribution in [2.24, 2.45) is 35.0 Å². The summed E-state index contributed by atoms with van der Waals surface area (Å²) in [6, 6.07) is 59.5. The van der Waals surface area contributed by atoms with Crippen LogP contribution < -0.4 is 38.5 Å². The Balaban J connectivity index is 0.000000181. The molecule has 0 spiro atoms. The van der Waals surface area contributed by atoms with Gasteiger partial charge in [-0.3, -0.25) is 14.4 Å². The zero-order chi connectivity index (χ0) is 86.1. The van der Waals surface area contributed by atoms with E-state index in [0.717, 1.165) is 163 Å². The van der Waals surface area contributed by atoms with Gasteiger partial charge >= 0.3 is 33.0 Å². The summed E-state index contributed by atoms with van der Waals surface area (Å²) < 4.78 is 91.4. The fourth-order valence-corrected chi connectivity index (χ4v) is 14.2. The molecule has 0 bridgehead atoms. The van der Waals surface area contributed by atoms with E-state index in [-0.39, 0.29) is 65.7 Å². The Labute approximate surface area is 729 Å². The minimum atomic E-state index is -0.532. The number of carbonyl (C=O) groups excluding carboxylic acids is 3. The monoisotopic (exact) mass is 1760 g/mol. The van der Waals surface area contributed by atoms with Crippen LogP contribution in [-0.4, -0.2) is 92.5 Å². The molecule has 3 atom stereocenters. The normalized spacial score (nSPS) is 13.4. The first-order valence-corrected chi connectivity index (χ1v) is 43.2. The van der Waals surface area contributed by atoms with Gasteiger partial charge in [-0.25, -0.2) is 45.2 Å². The Hall–Kier alpha value is -10.2. The van der Waals surface area contributed by atoms with E-state index < -0.39 is 53.0 Å². The number of halogens is 9. The fourth-order valence-electron chi connectivity index (χ4n) is 14.2. The SMILES string of the molecule is CCc1cccc(-n2nc(C)cc2C(=O)Cc2cccc(C(NCC3CC3)c3cc(F)ccc3F)c2)c1.Cc1cc(C(=O)Cc2cccc(C(NCC3CC3)c3cc(F)ccc3F)c2)n(-c2cccc(CN)c2)n1.Cl.NCCNCCN.[C-]#[N+]c1cccc(-n2nc(C)cc2C(=O)Cc2cccc(C(NCC3CC3)c3cc(F)ccc3F)c2)c1.[Cl][Ni][Cl]. The third kappa shape index (κ3) is 27.1. The molecule has 12 aromatic rings. The van der Waals surface area contributed by atoms with Gasteiger partial charge in [-0.05, 0) is 257 Å². The summed E-state index contributed by atoms with van der Waals surface area (Å²) >= 11 is 0.569. The molecule has 3 aliphatic rings. The summed E-state index contributed by atoms with van der Waals surface area (Å²) in [4.78, 5) is 43.8. The van der Waals surface area contributed by atoms with E-state index in [1.165, 1.54) is 29.8 Å². The van der Waals surface area contributed by atoms with Crippen molar-refractivity contribution < 1.29 is 53.4 Å². The van der Waals surface area contributed by atoms with Crippen LogP contribution in [0.5, 0.6) is 0 Å². The molecule has 3 aromatic heterocycles. The minimum absolute atomic E-state index is 0. The summed E-state index contributed by atoms with van der Waals surface area (Å²) in [7, 11) is 9.40. The Morgan fingerprint density at radius 1 is 0.443 bits per heavy atom. The second-order valence-electron chi connectivity index (χ2n) is 30.5. The van der Waals surface area contributed by atoms with E-state index >= 15 is 0 Å². The van der Waals surface area contributed by atoms with Crippen molar-refractivity contribution in [2.45, 2.75) is 117 Å².